The molecule has 2 rings (SSSR count). The zero-order valence-corrected chi connectivity index (χ0v) is 18.4. The van der Waals surface area contributed by atoms with E-state index in [2.05, 4.69) is 32.6 Å². The molecule has 0 amide bonds. The fourth-order valence-electron chi connectivity index (χ4n) is 3.52. The van der Waals surface area contributed by atoms with E-state index in [0.29, 0.717) is 30.7 Å². The summed E-state index contributed by atoms with van der Waals surface area (Å²) in [5, 5.41) is 0. The van der Waals surface area contributed by atoms with E-state index in [1.54, 1.807) is 7.11 Å². The minimum Gasteiger partial charge on any atom is -0.378 e. The molecule has 0 bridgehead atoms. The van der Waals surface area contributed by atoms with Gasteiger partial charge in [0.1, 0.15) is 6.10 Å². The van der Waals surface area contributed by atoms with Crippen molar-refractivity contribution in [1.29, 1.82) is 0 Å². The number of methoxy groups -OCH3 is 1. The molecule has 0 heterocycles. The predicted molar refractivity (Wildman–Crippen MR) is 118 cm³/mol. The summed E-state index contributed by atoms with van der Waals surface area (Å²) in [5.74, 6) is 0.00822. The fourth-order valence-corrected chi connectivity index (χ4v) is 3.52. The maximum atomic E-state index is 13.1. The number of hydrogen-bond acceptors (Lipinski definition) is 4. The number of hydrogen-bond donors (Lipinski definition) is 0. The Morgan fingerprint density at radius 2 is 1.45 bits per heavy atom. The van der Waals surface area contributed by atoms with E-state index in [1.165, 1.54) is 0 Å². The third-order valence-electron chi connectivity index (χ3n) is 5.17. The Labute approximate surface area is 175 Å². The molecule has 2 unspecified atom stereocenters. The van der Waals surface area contributed by atoms with E-state index < -0.39 is 6.10 Å². The van der Waals surface area contributed by atoms with Crippen LogP contribution in [0.4, 0.5) is 0 Å². The first kappa shape index (κ1) is 23.3. The molecule has 0 radical (unpaired) electrons. The number of ketones is 1. The van der Waals surface area contributed by atoms with Gasteiger partial charge in [-0.15, -0.1) is 0 Å². The highest BCUT2D eigenvalue weighted by Crippen LogP contribution is 2.14. The first-order valence-corrected chi connectivity index (χ1v) is 10.5. The summed E-state index contributed by atoms with van der Waals surface area (Å²) < 4.78 is 11.9. The molecule has 0 fully saturated rings. The van der Waals surface area contributed by atoms with Crippen LogP contribution >= 0.6 is 0 Å². The third-order valence-corrected chi connectivity index (χ3v) is 5.17. The van der Waals surface area contributed by atoms with E-state index in [0.717, 1.165) is 12.1 Å². The molecule has 0 aliphatic carbocycles. The number of carbonyl (C=O) groups is 1. The molecule has 2 aromatic rings. The lowest BCUT2D eigenvalue weighted by Crippen LogP contribution is -2.44. The molecule has 4 nitrogen and oxygen atoms in total. The van der Waals surface area contributed by atoms with Crippen molar-refractivity contribution in [3.63, 3.8) is 0 Å². The summed E-state index contributed by atoms with van der Waals surface area (Å²) in [6.45, 7) is 9.89. The Morgan fingerprint density at radius 1 is 0.897 bits per heavy atom. The second kappa shape index (κ2) is 11.9. The number of nitrogens with zero attached hydrogens (tertiary/aromatic N) is 1. The van der Waals surface area contributed by atoms with Gasteiger partial charge in [-0.1, -0.05) is 60.7 Å². The molecule has 29 heavy (non-hydrogen) atoms. The minimum atomic E-state index is -0.538. The highest BCUT2D eigenvalue weighted by Gasteiger charge is 2.25. The maximum Gasteiger partial charge on any atom is 0.191 e. The molecule has 0 saturated heterocycles. The highest BCUT2D eigenvalue weighted by molar-refractivity contribution is 5.99. The average Bonchev–Trinajstić information content (AvgIpc) is 2.73. The number of carbonyl (C=O) groups excluding carboxylic acids is 1. The second-order valence-electron chi connectivity index (χ2n) is 7.98. The fraction of sp³-hybridized carbons (Fsp3) is 0.480. The lowest BCUT2D eigenvalue weighted by atomic mass is 10.00. The van der Waals surface area contributed by atoms with Crippen LogP contribution < -0.4 is 0 Å². The Kier molecular flexibility index (Phi) is 9.52. The zero-order chi connectivity index (χ0) is 21.2. The van der Waals surface area contributed by atoms with Gasteiger partial charge in [-0.3, -0.25) is 9.69 Å². The summed E-state index contributed by atoms with van der Waals surface area (Å²) in [6.07, 6.45) is -0.0889. The van der Waals surface area contributed by atoms with Crippen LogP contribution in [-0.2, 0) is 15.9 Å². The van der Waals surface area contributed by atoms with Crippen molar-refractivity contribution in [2.24, 2.45) is 0 Å². The summed E-state index contributed by atoms with van der Waals surface area (Å²) in [7, 11) is 1.71. The molecule has 0 aliphatic rings. The standard InChI is InChI=1S/C25H35NO3/c1-19(2)26(20(3)4)17-23(28-5)18-29-24(16-21-12-8-6-9-13-21)25(27)22-14-10-7-11-15-22/h6-15,19-20,23-24H,16-18H2,1-5H3. The van der Waals surface area contributed by atoms with Gasteiger partial charge >= 0.3 is 0 Å². The first-order chi connectivity index (χ1) is 13.9. The van der Waals surface area contributed by atoms with Gasteiger partial charge in [0.2, 0.25) is 0 Å². The molecular formula is C25H35NO3. The van der Waals surface area contributed by atoms with Crippen molar-refractivity contribution < 1.29 is 14.3 Å². The van der Waals surface area contributed by atoms with Crippen LogP contribution in [0.15, 0.2) is 60.7 Å². The number of rotatable bonds is 12. The van der Waals surface area contributed by atoms with E-state index in [9.17, 15) is 4.79 Å². The van der Waals surface area contributed by atoms with Crippen molar-refractivity contribution in [2.45, 2.75) is 58.4 Å². The van der Waals surface area contributed by atoms with Gasteiger partial charge in [0.15, 0.2) is 5.78 Å². The zero-order valence-electron chi connectivity index (χ0n) is 18.4. The van der Waals surface area contributed by atoms with Crippen LogP contribution in [-0.4, -0.2) is 55.2 Å². The van der Waals surface area contributed by atoms with Crippen LogP contribution in [0.1, 0.15) is 43.6 Å². The van der Waals surface area contributed by atoms with Gasteiger partial charge in [-0.05, 0) is 33.3 Å². The number of Topliss-reactive ketones (excluding diaryl/α,β-unsaturated/α-hetero) is 1. The molecule has 2 aromatic carbocycles. The van der Waals surface area contributed by atoms with Crippen LogP contribution in [0, 0.1) is 0 Å². The minimum absolute atomic E-state index is 0.00822. The molecule has 0 spiro atoms. The van der Waals surface area contributed by atoms with E-state index >= 15 is 0 Å². The summed E-state index contributed by atoms with van der Waals surface area (Å²) >= 11 is 0. The van der Waals surface area contributed by atoms with Gasteiger partial charge in [-0.2, -0.15) is 0 Å². The third kappa shape index (κ3) is 7.39. The molecule has 158 valence electrons. The van der Waals surface area contributed by atoms with Gasteiger partial charge in [-0.25, -0.2) is 0 Å². The summed E-state index contributed by atoms with van der Waals surface area (Å²) in [5.41, 5.74) is 1.76. The molecule has 2 atom stereocenters. The lowest BCUT2D eigenvalue weighted by molar-refractivity contribution is -0.0387. The SMILES string of the molecule is COC(COC(Cc1ccccc1)C(=O)c1ccccc1)CN(C(C)C)C(C)C. The van der Waals surface area contributed by atoms with Crippen LogP contribution in [0.5, 0.6) is 0 Å². The van der Waals surface area contributed by atoms with Crippen molar-refractivity contribution >= 4 is 5.78 Å². The Bertz CT molecular complexity index is 707. The average molecular weight is 398 g/mol. The summed E-state index contributed by atoms with van der Waals surface area (Å²) in [4.78, 5) is 15.5. The molecule has 4 heteroatoms. The van der Waals surface area contributed by atoms with Gasteiger partial charge in [0.25, 0.3) is 0 Å². The molecule has 0 aromatic heterocycles. The van der Waals surface area contributed by atoms with E-state index in [-0.39, 0.29) is 11.9 Å². The van der Waals surface area contributed by atoms with Crippen LogP contribution in [0.2, 0.25) is 0 Å². The monoisotopic (exact) mass is 397 g/mol. The van der Waals surface area contributed by atoms with Gasteiger partial charge in [0.05, 0.1) is 12.7 Å². The Hall–Kier alpha value is -2.01. The molecular weight excluding hydrogens is 362 g/mol. The first-order valence-electron chi connectivity index (χ1n) is 10.5. The largest absolute Gasteiger partial charge is 0.378 e. The van der Waals surface area contributed by atoms with Crippen molar-refractivity contribution in [2.75, 3.05) is 20.3 Å². The van der Waals surface area contributed by atoms with Crippen LogP contribution in [0.25, 0.3) is 0 Å². The molecule has 0 saturated carbocycles. The van der Waals surface area contributed by atoms with E-state index in [1.807, 2.05) is 60.7 Å². The molecule has 0 N–H and O–H groups in total. The van der Waals surface area contributed by atoms with Crippen molar-refractivity contribution in [3.05, 3.63) is 71.8 Å². The highest BCUT2D eigenvalue weighted by atomic mass is 16.5. The molecule has 0 aliphatic heterocycles. The number of ether oxygens (including phenoxy) is 2. The Morgan fingerprint density at radius 3 is 1.97 bits per heavy atom. The van der Waals surface area contributed by atoms with E-state index in [4.69, 9.17) is 9.47 Å². The smallest absolute Gasteiger partial charge is 0.191 e. The van der Waals surface area contributed by atoms with Crippen molar-refractivity contribution in [3.8, 4) is 0 Å². The van der Waals surface area contributed by atoms with Gasteiger partial charge < -0.3 is 9.47 Å². The van der Waals surface area contributed by atoms with Crippen LogP contribution in [0.3, 0.4) is 0 Å². The second-order valence-corrected chi connectivity index (χ2v) is 7.98. The topological polar surface area (TPSA) is 38.8 Å². The maximum absolute atomic E-state index is 13.1. The van der Waals surface area contributed by atoms with Gasteiger partial charge in [0, 0.05) is 37.7 Å². The number of benzene rings is 2. The van der Waals surface area contributed by atoms with Crippen molar-refractivity contribution in [1.82, 2.24) is 4.90 Å². The predicted octanol–water partition coefficient (Wildman–Crippen LogP) is 4.63. The Balaban J connectivity index is 2.10. The normalized spacial score (nSPS) is 13.8. The lowest BCUT2D eigenvalue weighted by Gasteiger charge is -2.33. The summed E-state index contributed by atoms with van der Waals surface area (Å²) in [6, 6.07) is 20.2. The quantitative estimate of drug-likeness (QED) is 0.490.